The fraction of sp³-hybridized carbons (Fsp3) is 0.632. The molecule has 0 radical (unpaired) electrons. The zero-order valence-electron chi connectivity index (χ0n) is 16.1. The van der Waals surface area contributed by atoms with Gasteiger partial charge >= 0.3 is 0 Å². The van der Waals surface area contributed by atoms with E-state index in [1.54, 1.807) is 7.11 Å². The van der Waals surface area contributed by atoms with Crippen LogP contribution < -0.4 is 5.32 Å². The van der Waals surface area contributed by atoms with Crippen LogP contribution in [-0.2, 0) is 25.9 Å². The summed E-state index contributed by atoms with van der Waals surface area (Å²) in [5, 5.41) is 2.97. The summed E-state index contributed by atoms with van der Waals surface area (Å²) in [5.41, 5.74) is 2.24. The van der Waals surface area contributed by atoms with E-state index >= 15 is 0 Å². The first-order chi connectivity index (χ1) is 12.9. The van der Waals surface area contributed by atoms with Crippen LogP contribution in [-0.4, -0.2) is 87.6 Å². The molecule has 2 heterocycles. The molecule has 0 unspecified atom stereocenters. The highest BCUT2D eigenvalue weighted by Gasteiger charge is 2.46. The Kier molecular flexibility index (Phi) is 6.52. The molecule has 8 heteroatoms. The van der Waals surface area contributed by atoms with E-state index < -0.39 is 9.84 Å². The molecule has 0 spiro atoms. The largest absolute Gasteiger partial charge is 0.383 e. The Morgan fingerprint density at radius 3 is 2.56 bits per heavy atom. The van der Waals surface area contributed by atoms with Crippen LogP contribution in [0.5, 0.6) is 0 Å². The smallest absolute Gasteiger partial charge is 0.234 e. The van der Waals surface area contributed by atoms with E-state index in [9.17, 15) is 13.2 Å². The van der Waals surface area contributed by atoms with Crippen molar-refractivity contribution in [3.05, 3.63) is 35.4 Å². The number of methoxy groups -OCH3 is 1. The minimum Gasteiger partial charge on any atom is -0.383 e. The number of amides is 1. The van der Waals surface area contributed by atoms with Crippen molar-refractivity contribution >= 4 is 15.7 Å². The zero-order chi connectivity index (χ0) is 19.4. The molecule has 2 saturated heterocycles. The number of nitrogens with one attached hydrogen (secondary N) is 1. The third-order valence-electron chi connectivity index (χ3n) is 5.57. The molecule has 7 nitrogen and oxygen atoms in total. The molecular formula is C19H29N3O4S. The molecule has 0 aliphatic carbocycles. The standard InChI is InChI=1S/C19H29N3O4S/c1-15-5-3-4-6-16(15)11-20-19(23)12-22-8-7-21(9-10-26-2)17-13-27(24,25)14-18(17)22/h3-6,17-18H,7-14H2,1-2H3,(H,20,23)/t17-,18+/m1/s1. The fourth-order valence-corrected chi connectivity index (χ4v) is 6.06. The predicted octanol–water partition coefficient (Wildman–Crippen LogP) is 0.0408. The molecule has 150 valence electrons. The lowest BCUT2D eigenvalue weighted by Crippen LogP contribution is -2.61. The second-order valence-electron chi connectivity index (χ2n) is 7.41. The van der Waals surface area contributed by atoms with Crippen LogP contribution >= 0.6 is 0 Å². The van der Waals surface area contributed by atoms with Crippen LogP contribution in [0.15, 0.2) is 24.3 Å². The van der Waals surface area contributed by atoms with E-state index in [1.165, 1.54) is 0 Å². The van der Waals surface area contributed by atoms with Gasteiger partial charge in [0.25, 0.3) is 0 Å². The Morgan fingerprint density at radius 1 is 1.19 bits per heavy atom. The van der Waals surface area contributed by atoms with Gasteiger partial charge < -0.3 is 10.1 Å². The number of nitrogens with zero attached hydrogens (tertiary/aromatic N) is 2. The van der Waals surface area contributed by atoms with Crippen LogP contribution in [0.4, 0.5) is 0 Å². The van der Waals surface area contributed by atoms with Gasteiger partial charge in [-0.15, -0.1) is 0 Å². The average molecular weight is 396 g/mol. The summed E-state index contributed by atoms with van der Waals surface area (Å²) in [5.74, 6) is 0.237. The Hall–Kier alpha value is -1.48. The van der Waals surface area contributed by atoms with Gasteiger partial charge in [-0.05, 0) is 18.1 Å². The number of sulfone groups is 1. The number of carbonyl (C=O) groups excluding carboxylic acids is 1. The number of ether oxygens (including phenoxy) is 1. The highest BCUT2D eigenvalue weighted by Crippen LogP contribution is 2.26. The SMILES string of the molecule is COCCN1CCN(CC(=O)NCc2ccccc2C)[C@H]2CS(=O)(=O)C[C@H]21. The molecule has 2 fully saturated rings. The van der Waals surface area contributed by atoms with Gasteiger partial charge in [-0.3, -0.25) is 14.6 Å². The van der Waals surface area contributed by atoms with Crippen molar-refractivity contribution in [1.29, 1.82) is 0 Å². The van der Waals surface area contributed by atoms with Crippen molar-refractivity contribution in [3.63, 3.8) is 0 Å². The molecule has 3 rings (SSSR count). The van der Waals surface area contributed by atoms with E-state index in [0.717, 1.165) is 24.2 Å². The minimum atomic E-state index is -3.07. The maximum absolute atomic E-state index is 12.5. The van der Waals surface area contributed by atoms with Gasteiger partial charge in [0.15, 0.2) is 9.84 Å². The predicted molar refractivity (Wildman–Crippen MR) is 104 cm³/mol. The van der Waals surface area contributed by atoms with Crippen molar-refractivity contribution in [1.82, 2.24) is 15.1 Å². The van der Waals surface area contributed by atoms with E-state index in [-0.39, 0.29) is 36.0 Å². The first-order valence-electron chi connectivity index (χ1n) is 9.38. The summed E-state index contributed by atoms with van der Waals surface area (Å²) in [6.07, 6.45) is 0. The second-order valence-corrected chi connectivity index (χ2v) is 9.57. The highest BCUT2D eigenvalue weighted by molar-refractivity contribution is 7.91. The number of fused-ring (bicyclic) bond motifs is 1. The van der Waals surface area contributed by atoms with Gasteiger partial charge in [0.2, 0.25) is 5.91 Å². The van der Waals surface area contributed by atoms with Crippen LogP contribution in [0.2, 0.25) is 0 Å². The maximum Gasteiger partial charge on any atom is 0.234 e. The van der Waals surface area contributed by atoms with Crippen LogP contribution in [0.3, 0.4) is 0 Å². The monoisotopic (exact) mass is 395 g/mol. The van der Waals surface area contributed by atoms with Crippen LogP contribution in [0.25, 0.3) is 0 Å². The maximum atomic E-state index is 12.5. The van der Waals surface area contributed by atoms with Crippen molar-refractivity contribution < 1.29 is 17.9 Å². The molecule has 1 aromatic rings. The van der Waals surface area contributed by atoms with Crippen LogP contribution in [0, 0.1) is 6.92 Å². The first-order valence-corrected chi connectivity index (χ1v) is 11.2. The van der Waals surface area contributed by atoms with E-state index in [2.05, 4.69) is 10.2 Å². The topological polar surface area (TPSA) is 79.0 Å². The minimum absolute atomic E-state index is 0.0527. The second kappa shape index (κ2) is 8.68. The van der Waals surface area contributed by atoms with Gasteiger partial charge in [0, 0.05) is 45.4 Å². The number of aryl methyl sites for hydroxylation is 1. The number of hydrogen-bond donors (Lipinski definition) is 1. The number of carbonyl (C=O) groups is 1. The fourth-order valence-electron chi connectivity index (χ4n) is 4.02. The van der Waals surface area contributed by atoms with Gasteiger partial charge in [-0.1, -0.05) is 24.3 Å². The zero-order valence-corrected chi connectivity index (χ0v) is 16.9. The molecule has 2 atom stereocenters. The van der Waals surface area contributed by atoms with Gasteiger partial charge in [0.05, 0.1) is 24.7 Å². The van der Waals surface area contributed by atoms with Gasteiger partial charge in [-0.2, -0.15) is 0 Å². The van der Waals surface area contributed by atoms with E-state index in [1.807, 2.05) is 36.1 Å². The average Bonchev–Trinajstić information content (AvgIpc) is 2.96. The molecule has 1 amide bonds. The van der Waals surface area contributed by atoms with E-state index in [4.69, 9.17) is 4.74 Å². The summed E-state index contributed by atoms with van der Waals surface area (Å²) in [6, 6.07) is 7.79. The highest BCUT2D eigenvalue weighted by atomic mass is 32.2. The lowest BCUT2D eigenvalue weighted by atomic mass is 10.0. The molecule has 1 N–H and O–H groups in total. The Balaban J connectivity index is 1.59. The lowest BCUT2D eigenvalue weighted by Gasteiger charge is -2.43. The Morgan fingerprint density at radius 2 is 1.85 bits per heavy atom. The summed E-state index contributed by atoms with van der Waals surface area (Å²) in [6.45, 7) is 5.51. The summed E-state index contributed by atoms with van der Waals surface area (Å²) in [7, 11) is -1.42. The van der Waals surface area contributed by atoms with Crippen molar-refractivity contribution in [3.8, 4) is 0 Å². The molecule has 2 aliphatic rings. The molecule has 1 aromatic carbocycles. The number of rotatable bonds is 7. The third-order valence-corrected chi connectivity index (χ3v) is 7.27. The number of hydrogen-bond acceptors (Lipinski definition) is 6. The third kappa shape index (κ3) is 5.07. The molecular weight excluding hydrogens is 366 g/mol. The normalized spacial score (nSPS) is 25.3. The van der Waals surface area contributed by atoms with Crippen LogP contribution in [0.1, 0.15) is 11.1 Å². The summed E-state index contributed by atoms with van der Waals surface area (Å²) in [4.78, 5) is 16.7. The van der Waals surface area contributed by atoms with Crippen molar-refractivity contribution in [2.45, 2.75) is 25.6 Å². The summed E-state index contributed by atoms with van der Waals surface area (Å²) >= 11 is 0. The molecule has 0 aromatic heterocycles. The molecule has 0 bridgehead atoms. The first kappa shape index (κ1) is 20.3. The molecule has 0 saturated carbocycles. The number of benzene rings is 1. The van der Waals surface area contributed by atoms with Crippen molar-refractivity contribution in [2.75, 3.05) is 51.4 Å². The number of piperazine rings is 1. The van der Waals surface area contributed by atoms with Gasteiger partial charge in [-0.25, -0.2) is 8.42 Å². The molecule has 27 heavy (non-hydrogen) atoms. The van der Waals surface area contributed by atoms with E-state index in [0.29, 0.717) is 19.7 Å². The Bertz CT molecular complexity index is 768. The Labute approximate surface area is 161 Å². The molecule has 2 aliphatic heterocycles. The quantitative estimate of drug-likeness (QED) is 0.702. The lowest BCUT2D eigenvalue weighted by molar-refractivity contribution is -0.124. The summed E-state index contributed by atoms with van der Waals surface area (Å²) < 4.78 is 29.6. The van der Waals surface area contributed by atoms with Gasteiger partial charge in [0.1, 0.15) is 0 Å². The van der Waals surface area contributed by atoms with Crippen molar-refractivity contribution in [2.24, 2.45) is 0 Å².